The standard InChI is InChI=1S/C19H25N3O/c1-13(2)14-5-7-15(8-6-14)16-10-18(21-12-16)19(23)22-9-3-4-17(22)11-20/h5-8,13,16-18,21H,3-4,9-10,12H2,1-2H3/t16-,17-,18-/m0/s1. The first kappa shape index (κ1) is 16.0. The fourth-order valence-electron chi connectivity index (χ4n) is 3.70. The molecule has 122 valence electrons. The Balaban J connectivity index is 1.64. The molecule has 0 bridgehead atoms. The van der Waals surface area contributed by atoms with Crippen molar-refractivity contribution in [3.8, 4) is 6.07 Å². The highest BCUT2D eigenvalue weighted by Gasteiger charge is 2.37. The molecule has 0 spiro atoms. The van der Waals surface area contributed by atoms with Crippen molar-refractivity contribution in [1.29, 1.82) is 5.26 Å². The predicted octanol–water partition coefficient (Wildman–Crippen LogP) is 2.77. The maximum Gasteiger partial charge on any atom is 0.240 e. The maximum absolute atomic E-state index is 12.6. The molecular weight excluding hydrogens is 286 g/mol. The molecule has 4 heteroatoms. The zero-order valence-electron chi connectivity index (χ0n) is 14.0. The molecule has 0 aliphatic carbocycles. The molecule has 2 fully saturated rings. The number of carbonyl (C=O) groups excluding carboxylic acids is 1. The first-order chi connectivity index (χ1) is 11.1. The Hall–Kier alpha value is -1.86. The Morgan fingerprint density at radius 3 is 2.74 bits per heavy atom. The van der Waals surface area contributed by atoms with Crippen LogP contribution >= 0.6 is 0 Å². The molecule has 2 aliphatic rings. The van der Waals surface area contributed by atoms with E-state index in [1.165, 1.54) is 11.1 Å². The summed E-state index contributed by atoms with van der Waals surface area (Å²) in [5, 5.41) is 12.5. The minimum Gasteiger partial charge on any atom is -0.325 e. The van der Waals surface area contributed by atoms with Crippen LogP contribution in [0.5, 0.6) is 0 Å². The van der Waals surface area contributed by atoms with Gasteiger partial charge in [-0.2, -0.15) is 5.26 Å². The summed E-state index contributed by atoms with van der Waals surface area (Å²) in [6, 6.07) is 10.7. The van der Waals surface area contributed by atoms with Gasteiger partial charge in [-0.25, -0.2) is 0 Å². The van der Waals surface area contributed by atoms with Gasteiger partial charge < -0.3 is 10.2 Å². The second kappa shape index (κ2) is 6.72. The zero-order valence-corrected chi connectivity index (χ0v) is 14.0. The second-order valence-electron chi connectivity index (χ2n) is 7.03. The number of rotatable bonds is 3. The number of likely N-dealkylation sites (tertiary alicyclic amines) is 1. The van der Waals surface area contributed by atoms with Gasteiger partial charge >= 0.3 is 0 Å². The van der Waals surface area contributed by atoms with Gasteiger partial charge in [-0.15, -0.1) is 0 Å². The van der Waals surface area contributed by atoms with Gasteiger partial charge in [-0.05, 0) is 42.2 Å². The molecule has 3 rings (SSSR count). The first-order valence-electron chi connectivity index (χ1n) is 8.63. The largest absolute Gasteiger partial charge is 0.325 e. The van der Waals surface area contributed by atoms with E-state index in [1.54, 1.807) is 4.90 Å². The lowest BCUT2D eigenvalue weighted by Gasteiger charge is -2.23. The highest BCUT2D eigenvalue weighted by atomic mass is 16.2. The summed E-state index contributed by atoms with van der Waals surface area (Å²) >= 11 is 0. The summed E-state index contributed by atoms with van der Waals surface area (Å²) in [5.41, 5.74) is 2.65. The van der Waals surface area contributed by atoms with Gasteiger partial charge in [-0.3, -0.25) is 4.79 Å². The number of nitrogens with one attached hydrogen (secondary N) is 1. The summed E-state index contributed by atoms with van der Waals surface area (Å²) in [6.45, 7) is 5.95. The molecule has 0 saturated carbocycles. The third kappa shape index (κ3) is 3.25. The molecule has 0 radical (unpaired) electrons. The minimum absolute atomic E-state index is 0.107. The highest BCUT2D eigenvalue weighted by molar-refractivity contribution is 5.83. The van der Waals surface area contributed by atoms with Crippen molar-refractivity contribution in [3.63, 3.8) is 0 Å². The lowest BCUT2D eigenvalue weighted by molar-refractivity contribution is -0.133. The number of carbonyl (C=O) groups is 1. The van der Waals surface area contributed by atoms with E-state index in [0.29, 0.717) is 11.8 Å². The molecule has 1 N–H and O–H groups in total. The van der Waals surface area contributed by atoms with Gasteiger partial charge in [0.2, 0.25) is 5.91 Å². The fraction of sp³-hybridized carbons (Fsp3) is 0.579. The van der Waals surface area contributed by atoms with E-state index in [0.717, 1.165) is 32.4 Å². The zero-order chi connectivity index (χ0) is 16.4. The molecular formula is C19H25N3O. The van der Waals surface area contributed by atoms with Crippen LogP contribution in [0.4, 0.5) is 0 Å². The number of hydrogen-bond donors (Lipinski definition) is 1. The molecule has 4 nitrogen and oxygen atoms in total. The van der Waals surface area contributed by atoms with Gasteiger partial charge in [0.15, 0.2) is 0 Å². The van der Waals surface area contributed by atoms with Gasteiger partial charge in [0, 0.05) is 13.1 Å². The number of nitrogens with zero attached hydrogens (tertiary/aromatic N) is 2. The van der Waals surface area contributed by atoms with Gasteiger partial charge in [0.1, 0.15) is 6.04 Å². The van der Waals surface area contributed by atoms with Crippen molar-refractivity contribution in [3.05, 3.63) is 35.4 Å². The van der Waals surface area contributed by atoms with Gasteiger partial charge in [0.25, 0.3) is 0 Å². The molecule has 0 aromatic heterocycles. The molecule has 2 heterocycles. The molecule has 2 aliphatic heterocycles. The average molecular weight is 311 g/mol. The van der Waals surface area contributed by atoms with Crippen LogP contribution in [0.3, 0.4) is 0 Å². The van der Waals surface area contributed by atoms with Gasteiger partial charge in [-0.1, -0.05) is 38.1 Å². The highest BCUT2D eigenvalue weighted by Crippen LogP contribution is 2.29. The summed E-state index contributed by atoms with van der Waals surface area (Å²) in [7, 11) is 0. The first-order valence-corrected chi connectivity index (χ1v) is 8.63. The van der Waals surface area contributed by atoms with E-state index in [2.05, 4.69) is 49.5 Å². The summed E-state index contributed by atoms with van der Waals surface area (Å²) < 4.78 is 0. The van der Waals surface area contributed by atoms with Crippen LogP contribution in [0.25, 0.3) is 0 Å². The summed E-state index contributed by atoms with van der Waals surface area (Å²) in [6.07, 6.45) is 2.58. The van der Waals surface area contributed by atoms with Crippen LogP contribution in [-0.2, 0) is 4.79 Å². The fourth-order valence-corrected chi connectivity index (χ4v) is 3.70. The Morgan fingerprint density at radius 2 is 2.09 bits per heavy atom. The second-order valence-corrected chi connectivity index (χ2v) is 7.03. The van der Waals surface area contributed by atoms with Gasteiger partial charge in [0.05, 0.1) is 12.1 Å². The predicted molar refractivity (Wildman–Crippen MR) is 90.0 cm³/mol. The van der Waals surface area contributed by atoms with Crippen molar-refractivity contribution in [2.45, 2.75) is 57.0 Å². The third-order valence-corrected chi connectivity index (χ3v) is 5.19. The monoisotopic (exact) mass is 311 g/mol. The van der Waals surface area contributed by atoms with Crippen LogP contribution in [0.15, 0.2) is 24.3 Å². The molecule has 3 atom stereocenters. The topological polar surface area (TPSA) is 56.1 Å². The number of benzene rings is 1. The van der Waals surface area contributed by atoms with E-state index in [4.69, 9.17) is 5.26 Å². The Morgan fingerprint density at radius 1 is 1.35 bits per heavy atom. The molecule has 2 saturated heterocycles. The Kier molecular flexibility index (Phi) is 4.68. The van der Waals surface area contributed by atoms with E-state index >= 15 is 0 Å². The number of nitriles is 1. The van der Waals surface area contributed by atoms with E-state index in [-0.39, 0.29) is 18.0 Å². The summed E-state index contributed by atoms with van der Waals surface area (Å²) in [5.74, 6) is 1.03. The third-order valence-electron chi connectivity index (χ3n) is 5.19. The van der Waals surface area contributed by atoms with Crippen LogP contribution in [0.1, 0.15) is 56.1 Å². The Bertz CT molecular complexity index is 602. The van der Waals surface area contributed by atoms with Crippen LogP contribution in [0, 0.1) is 11.3 Å². The molecule has 0 unspecified atom stereocenters. The average Bonchev–Trinajstić information content (AvgIpc) is 3.23. The van der Waals surface area contributed by atoms with Crippen LogP contribution < -0.4 is 5.32 Å². The van der Waals surface area contributed by atoms with E-state index < -0.39 is 0 Å². The van der Waals surface area contributed by atoms with E-state index in [9.17, 15) is 4.79 Å². The molecule has 1 amide bonds. The normalized spacial score (nSPS) is 27.4. The van der Waals surface area contributed by atoms with Crippen molar-refractivity contribution in [2.24, 2.45) is 0 Å². The van der Waals surface area contributed by atoms with E-state index in [1.807, 2.05) is 0 Å². The van der Waals surface area contributed by atoms with Crippen molar-refractivity contribution in [1.82, 2.24) is 10.2 Å². The van der Waals surface area contributed by atoms with Crippen molar-refractivity contribution >= 4 is 5.91 Å². The van der Waals surface area contributed by atoms with Crippen molar-refractivity contribution < 1.29 is 4.79 Å². The Labute approximate surface area is 138 Å². The minimum atomic E-state index is -0.228. The molecule has 1 aromatic carbocycles. The number of hydrogen-bond acceptors (Lipinski definition) is 3. The quantitative estimate of drug-likeness (QED) is 0.934. The van der Waals surface area contributed by atoms with Crippen LogP contribution in [-0.4, -0.2) is 36.0 Å². The maximum atomic E-state index is 12.6. The summed E-state index contributed by atoms with van der Waals surface area (Å²) in [4.78, 5) is 14.4. The smallest absolute Gasteiger partial charge is 0.240 e. The van der Waals surface area contributed by atoms with Crippen molar-refractivity contribution in [2.75, 3.05) is 13.1 Å². The molecule has 1 aromatic rings. The lowest BCUT2D eigenvalue weighted by atomic mass is 9.93. The van der Waals surface area contributed by atoms with Crippen LogP contribution in [0.2, 0.25) is 0 Å². The lowest BCUT2D eigenvalue weighted by Crippen LogP contribution is -2.45. The molecule has 23 heavy (non-hydrogen) atoms. The number of amides is 1. The SMILES string of the molecule is CC(C)c1ccc([C@@H]2CN[C@H](C(=O)N3CCC[C@H]3C#N)C2)cc1.